The Labute approximate surface area is 115 Å². The van der Waals surface area contributed by atoms with Crippen LogP contribution in [0.3, 0.4) is 0 Å². The Kier molecular flexibility index (Phi) is 3.65. The number of hydrogen-bond acceptors (Lipinski definition) is 4. The molecule has 2 atom stereocenters. The standard InChI is InChI=1S/C14H26N2OS/c1-13(3-4-13)12(16-15)11-2-7-17-14(10-11)5-8-18-9-6-14/h11-12,16H,2-10,15H2,1H3. The van der Waals surface area contributed by atoms with Crippen molar-refractivity contribution in [3.8, 4) is 0 Å². The van der Waals surface area contributed by atoms with Gasteiger partial charge in [-0.3, -0.25) is 11.3 Å². The molecule has 0 aromatic carbocycles. The Morgan fingerprint density at radius 2 is 2.00 bits per heavy atom. The van der Waals surface area contributed by atoms with E-state index in [4.69, 9.17) is 10.6 Å². The number of rotatable bonds is 3. The SMILES string of the molecule is CC1(C(NN)C2CCOC3(CCSCC3)C2)CC1. The Morgan fingerprint density at radius 3 is 2.61 bits per heavy atom. The Bertz CT molecular complexity index is 295. The molecule has 1 saturated carbocycles. The van der Waals surface area contributed by atoms with Crippen molar-refractivity contribution in [3.05, 3.63) is 0 Å². The summed E-state index contributed by atoms with van der Waals surface area (Å²) in [6.45, 7) is 3.32. The molecule has 2 unspecified atom stereocenters. The maximum Gasteiger partial charge on any atom is 0.0701 e. The number of hydrogen-bond donors (Lipinski definition) is 2. The van der Waals surface area contributed by atoms with Gasteiger partial charge in [-0.2, -0.15) is 11.8 Å². The van der Waals surface area contributed by atoms with Crippen LogP contribution in [0.15, 0.2) is 0 Å². The molecule has 3 nitrogen and oxygen atoms in total. The Balaban J connectivity index is 1.69. The summed E-state index contributed by atoms with van der Waals surface area (Å²) in [5, 5.41) is 0. The minimum Gasteiger partial charge on any atom is -0.375 e. The van der Waals surface area contributed by atoms with Crippen LogP contribution >= 0.6 is 11.8 Å². The van der Waals surface area contributed by atoms with Crippen molar-refractivity contribution in [2.45, 2.75) is 57.1 Å². The number of ether oxygens (including phenoxy) is 1. The van der Waals surface area contributed by atoms with E-state index in [-0.39, 0.29) is 5.60 Å². The van der Waals surface area contributed by atoms with Gasteiger partial charge in [0.2, 0.25) is 0 Å². The molecule has 2 heterocycles. The van der Waals surface area contributed by atoms with Gasteiger partial charge in [0.25, 0.3) is 0 Å². The first-order valence-electron chi connectivity index (χ1n) is 7.35. The fourth-order valence-electron chi connectivity index (χ4n) is 3.86. The second-order valence-electron chi connectivity index (χ2n) is 6.70. The smallest absolute Gasteiger partial charge is 0.0701 e. The lowest BCUT2D eigenvalue weighted by Gasteiger charge is -2.46. The highest BCUT2D eigenvalue weighted by Gasteiger charge is 2.50. The van der Waals surface area contributed by atoms with Gasteiger partial charge in [0.1, 0.15) is 0 Å². The van der Waals surface area contributed by atoms with Gasteiger partial charge >= 0.3 is 0 Å². The highest BCUT2D eigenvalue weighted by Crippen LogP contribution is 2.53. The molecule has 1 aliphatic carbocycles. The van der Waals surface area contributed by atoms with E-state index in [9.17, 15) is 0 Å². The minimum absolute atomic E-state index is 0.189. The summed E-state index contributed by atoms with van der Waals surface area (Å²) in [7, 11) is 0. The summed E-state index contributed by atoms with van der Waals surface area (Å²) < 4.78 is 6.18. The normalized spacial score (nSPS) is 35.3. The van der Waals surface area contributed by atoms with Crippen LogP contribution in [0.5, 0.6) is 0 Å². The van der Waals surface area contributed by atoms with Crippen molar-refractivity contribution in [1.29, 1.82) is 0 Å². The largest absolute Gasteiger partial charge is 0.375 e. The summed E-state index contributed by atoms with van der Waals surface area (Å²) in [6.07, 6.45) is 7.55. The van der Waals surface area contributed by atoms with Gasteiger partial charge in [-0.25, -0.2) is 0 Å². The second kappa shape index (κ2) is 4.97. The minimum atomic E-state index is 0.189. The zero-order valence-electron chi connectivity index (χ0n) is 11.4. The first-order valence-corrected chi connectivity index (χ1v) is 8.51. The van der Waals surface area contributed by atoms with Crippen molar-refractivity contribution in [2.75, 3.05) is 18.1 Å². The van der Waals surface area contributed by atoms with E-state index in [1.54, 1.807) is 0 Å². The van der Waals surface area contributed by atoms with Gasteiger partial charge in [0, 0.05) is 12.6 Å². The zero-order chi connectivity index (χ0) is 12.6. The molecule has 0 bridgehead atoms. The quantitative estimate of drug-likeness (QED) is 0.610. The molecule has 3 rings (SSSR count). The molecule has 1 spiro atoms. The number of nitrogens with one attached hydrogen (secondary N) is 1. The lowest BCUT2D eigenvalue weighted by Crippen LogP contribution is -2.52. The maximum absolute atomic E-state index is 6.18. The maximum atomic E-state index is 6.18. The van der Waals surface area contributed by atoms with E-state index in [0.717, 1.165) is 6.61 Å². The molecule has 3 N–H and O–H groups in total. The second-order valence-corrected chi connectivity index (χ2v) is 7.92. The predicted octanol–water partition coefficient (Wildman–Crippen LogP) is 2.31. The van der Waals surface area contributed by atoms with E-state index in [1.165, 1.54) is 50.0 Å². The lowest BCUT2D eigenvalue weighted by molar-refractivity contribution is -0.110. The molecule has 0 aromatic rings. The molecule has 2 saturated heterocycles. The average molecular weight is 270 g/mol. The highest BCUT2D eigenvalue weighted by molar-refractivity contribution is 7.99. The number of nitrogens with two attached hydrogens (primary N) is 1. The number of thioether (sulfide) groups is 1. The van der Waals surface area contributed by atoms with Gasteiger partial charge < -0.3 is 4.74 Å². The molecule has 18 heavy (non-hydrogen) atoms. The predicted molar refractivity (Wildman–Crippen MR) is 76.4 cm³/mol. The van der Waals surface area contributed by atoms with E-state index >= 15 is 0 Å². The van der Waals surface area contributed by atoms with Gasteiger partial charge in [-0.15, -0.1) is 0 Å². The van der Waals surface area contributed by atoms with Crippen molar-refractivity contribution in [1.82, 2.24) is 5.43 Å². The Hall–Kier alpha value is 0.230. The highest BCUT2D eigenvalue weighted by atomic mass is 32.2. The topological polar surface area (TPSA) is 47.3 Å². The summed E-state index contributed by atoms with van der Waals surface area (Å²) in [6, 6.07) is 0.493. The lowest BCUT2D eigenvalue weighted by atomic mass is 9.75. The van der Waals surface area contributed by atoms with Gasteiger partial charge in [0.15, 0.2) is 0 Å². The third-order valence-corrected chi connectivity index (χ3v) is 6.36. The van der Waals surface area contributed by atoms with Gasteiger partial charge in [-0.05, 0) is 61.4 Å². The molecule has 3 fully saturated rings. The fraction of sp³-hybridized carbons (Fsp3) is 1.00. The third kappa shape index (κ3) is 2.45. The van der Waals surface area contributed by atoms with E-state index in [0.29, 0.717) is 17.4 Å². The molecule has 104 valence electrons. The molecule has 0 radical (unpaired) electrons. The van der Waals surface area contributed by atoms with Crippen LogP contribution in [-0.4, -0.2) is 29.8 Å². The van der Waals surface area contributed by atoms with Crippen LogP contribution in [0.1, 0.15) is 45.4 Å². The van der Waals surface area contributed by atoms with Gasteiger partial charge in [-0.1, -0.05) is 6.92 Å². The van der Waals surface area contributed by atoms with E-state index in [1.807, 2.05) is 0 Å². The summed E-state index contributed by atoms with van der Waals surface area (Å²) in [4.78, 5) is 0. The van der Waals surface area contributed by atoms with Crippen molar-refractivity contribution < 1.29 is 4.74 Å². The summed E-state index contributed by atoms with van der Waals surface area (Å²) >= 11 is 2.08. The van der Waals surface area contributed by atoms with E-state index in [2.05, 4.69) is 24.1 Å². The van der Waals surface area contributed by atoms with Crippen LogP contribution in [0.2, 0.25) is 0 Å². The fourth-order valence-corrected chi connectivity index (χ4v) is 5.09. The monoisotopic (exact) mass is 270 g/mol. The van der Waals surface area contributed by atoms with Crippen molar-refractivity contribution in [3.63, 3.8) is 0 Å². The first kappa shape index (κ1) is 13.2. The molecule has 2 aliphatic heterocycles. The molecular weight excluding hydrogens is 244 g/mol. The first-order chi connectivity index (χ1) is 8.68. The van der Waals surface area contributed by atoms with Crippen molar-refractivity contribution in [2.24, 2.45) is 17.2 Å². The number of hydrazine groups is 1. The summed E-state index contributed by atoms with van der Waals surface area (Å²) in [5.41, 5.74) is 3.78. The van der Waals surface area contributed by atoms with Crippen molar-refractivity contribution >= 4 is 11.8 Å². The van der Waals surface area contributed by atoms with Crippen LogP contribution in [0, 0.1) is 11.3 Å². The molecule has 0 amide bonds. The van der Waals surface area contributed by atoms with E-state index < -0.39 is 0 Å². The summed E-state index contributed by atoms with van der Waals surface area (Å²) in [5.74, 6) is 9.10. The van der Waals surface area contributed by atoms with Crippen LogP contribution < -0.4 is 11.3 Å². The Morgan fingerprint density at radius 1 is 1.28 bits per heavy atom. The van der Waals surface area contributed by atoms with Crippen LogP contribution in [0.4, 0.5) is 0 Å². The molecule has 0 aromatic heterocycles. The third-order valence-electron chi connectivity index (χ3n) is 5.38. The molecule has 4 heteroatoms. The molecular formula is C14H26N2OS. The molecule has 3 aliphatic rings. The average Bonchev–Trinajstić information content (AvgIpc) is 3.10. The van der Waals surface area contributed by atoms with Gasteiger partial charge in [0.05, 0.1) is 5.60 Å². The van der Waals surface area contributed by atoms with Crippen LogP contribution in [-0.2, 0) is 4.74 Å². The zero-order valence-corrected chi connectivity index (χ0v) is 12.2. The van der Waals surface area contributed by atoms with Crippen LogP contribution in [0.25, 0.3) is 0 Å².